The average Bonchev–Trinajstić information content (AvgIpc) is 3.14. The molecule has 122 valence electrons. The Labute approximate surface area is 135 Å². The van der Waals surface area contributed by atoms with Gasteiger partial charge in [-0.15, -0.1) is 10.2 Å². The molecule has 0 aliphatic heterocycles. The highest BCUT2D eigenvalue weighted by atomic mass is 32.1. The Kier molecular flexibility index (Phi) is 4.75. The highest BCUT2D eigenvalue weighted by molar-refractivity contribution is 7.13. The molecule has 3 rings (SSSR count). The molecule has 22 heavy (non-hydrogen) atoms. The van der Waals surface area contributed by atoms with E-state index in [9.17, 15) is 4.79 Å². The van der Waals surface area contributed by atoms with Crippen molar-refractivity contribution in [3.63, 3.8) is 0 Å². The number of ether oxygens (including phenoxy) is 1. The number of carbonyl (C=O) groups excluding carboxylic acids is 1. The Balaban J connectivity index is 1.58. The molecule has 1 aromatic heterocycles. The summed E-state index contributed by atoms with van der Waals surface area (Å²) in [5.41, 5.74) is 1.89. The molecular weight excluding hydrogens is 300 g/mol. The standard InChI is InChI=1S/C15H24N4O2S/c1-3-21-12-8-11(15(12)6-4-5-7-15)19(2)9-13(20)17-14-18-16-10-22-14/h10-12H,3-9H2,1-2H3,(H,17,18,20)/t11-,12-/m0/s1. The number of amides is 1. The number of hydrogen-bond donors (Lipinski definition) is 1. The molecule has 2 aliphatic rings. The molecule has 1 spiro atoms. The normalized spacial score (nSPS) is 26.3. The number of anilines is 1. The highest BCUT2D eigenvalue weighted by Gasteiger charge is 2.57. The van der Waals surface area contributed by atoms with Gasteiger partial charge in [0.25, 0.3) is 0 Å². The van der Waals surface area contributed by atoms with Crippen LogP contribution in [0.15, 0.2) is 5.51 Å². The first kappa shape index (κ1) is 15.8. The van der Waals surface area contributed by atoms with E-state index in [0.29, 0.717) is 23.8 Å². The lowest BCUT2D eigenvalue weighted by Crippen LogP contribution is -2.63. The van der Waals surface area contributed by atoms with Crippen LogP contribution in [0.3, 0.4) is 0 Å². The topological polar surface area (TPSA) is 67.3 Å². The van der Waals surface area contributed by atoms with E-state index in [1.165, 1.54) is 37.0 Å². The number of hydrogen-bond acceptors (Lipinski definition) is 6. The molecule has 0 aromatic carbocycles. The summed E-state index contributed by atoms with van der Waals surface area (Å²) in [5, 5.41) is 10.9. The highest BCUT2D eigenvalue weighted by Crippen LogP contribution is 2.56. The summed E-state index contributed by atoms with van der Waals surface area (Å²) in [6.45, 7) is 3.24. The van der Waals surface area contributed by atoms with Gasteiger partial charge in [0.1, 0.15) is 5.51 Å². The van der Waals surface area contributed by atoms with Crippen LogP contribution in [0.5, 0.6) is 0 Å². The van der Waals surface area contributed by atoms with Crippen molar-refractivity contribution in [1.29, 1.82) is 0 Å². The zero-order valence-corrected chi connectivity index (χ0v) is 14.1. The zero-order valence-electron chi connectivity index (χ0n) is 13.2. The summed E-state index contributed by atoms with van der Waals surface area (Å²) in [4.78, 5) is 14.3. The third kappa shape index (κ3) is 2.89. The van der Waals surface area contributed by atoms with Gasteiger partial charge in [0.15, 0.2) is 0 Å². The fourth-order valence-corrected chi connectivity index (χ4v) is 4.65. The maximum absolute atomic E-state index is 12.1. The summed E-state index contributed by atoms with van der Waals surface area (Å²) < 4.78 is 5.94. The second kappa shape index (κ2) is 6.60. The number of nitrogens with zero attached hydrogens (tertiary/aromatic N) is 3. The Morgan fingerprint density at radius 2 is 2.32 bits per heavy atom. The van der Waals surface area contributed by atoms with Crippen LogP contribution in [0.1, 0.15) is 39.0 Å². The van der Waals surface area contributed by atoms with Crippen LogP contribution in [0.4, 0.5) is 5.13 Å². The molecule has 1 heterocycles. The lowest BCUT2D eigenvalue weighted by Gasteiger charge is -2.57. The Morgan fingerprint density at radius 1 is 1.55 bits per heavy atom. The van der Waals surface area contributed by atoms with Crippen molar-refractivity contribution in [3.05, 3.63) is 5.51 Å². The molecular formula is C15H24N4O2S. The van der Waals surface area contributed by atoms with E-state index in [4.69, 9.17) is 4.74 Å². The Hall–Kier alpha value is -1.05. The molecule has 6 nitrogen and oxygen atoms in total. The van der Waals surface area contributed by atoms with Crippen molar-refractivity contribution in [2.45, 2.75) is 51.2 Å². The molecule has 1 amide bonds. The van der Waals surface area contributed by atoms with Gasteiger partial charge in [0, 0.05) is 18.1 Å². The van der Waals surface area contributed by atoms with E-state index >= 15 is 0 Å². The third-order valence-corrected chi connectivity index (χ3v) is 5.78. The average molecular weight is 324 g/mol. The maximum Gasteiger partial charge on any atom is 0.240 e. The van der Waals surface area contributed by atoms with Gasteiger partial charge in [0.2, 0.25) is 11.0 Å². The van der Waals surface area contributed by atoms with Crippen molar-refractivity contribution in [2.24, 2.45) is 5.41 Å². The fourth-order valence-electron chi connectivity index (χ4n) is 4.19. The largest absolute Gasteiger partial charge is 0.378 e. The monoisotopic (exact) mass is 324 g/mol. The van der Waals surface area contributed by atoms with Gasteiger partial charge < -0.3 is 4.74 Å². The molecule has 2 aliphatic carbocycles. The van der Waals surface area contributed by atoms with E-state index in [-0.39, 0.29) is 11.3 Å². The number of nitrogens with one attached hydrogen (secondary N) is 1. The quantitative estimate of drug-likeness (QED) is 0.868. The summed E-state index contributed by atoms with van der Waals surface area (Å²) in [5.74, 6) is -0.0211. The lowest BCUT2D eigenvalue weighted by atomic mass is 9.60. The maximum atomic E-state index is 12.1. The first-order valence-corrected chi connectivity index (χ1v) is 8.91. The van der Waals surface area contributed by atoms with Gasteiger partial charge in [-0.25, -0.2) is 0 Å². The molecule has 2 atom stereocenters. The van der Waals surface area contributed by atoms with Crippen molar-refractivity contribution < 1.29 is 9.53 Å². The first-order valence-electron chi connectivity index (χ1n) is 8.03. The van der Waals surface area contributed by atoms with E-state index in [1.54, 1.807) is 5.51 Å². The van der Waals surface area contributed by atoms with Crippen LogP contribution >= 0.6 is 11.3 Å². The minimum absolute atomic E-state index is 0.0211. The fraction of sp³-hybridized carbons (Fsp3) is 0.800. The predicted octanol–water partition coefficient (Wildman–Crippen LogP) is 2.15. The molecule has 0 unspecified atom stereocenters. The van der Waals surface area contributed by atoms with Gasteiger partial charge >= 0.3 is 0 Å². The van der Waals surface area contributed by atoms with Crippen LogP contribution < -0.4 is 5.32 Å². The van der Waals surface area contributed by atoms with Gasteiger partial charge in [-0.2, -0.15) is 0 Å². The van der Waals surface area contributed by atoms with Gasteiger partial charge in [-0.05, 0) is 33.2 Å². The van der Waals surface area contributed by atoms with Gasteiger partial charge in [0.05, 0.1) is 12.6 Å². The van der Waals surface area contributed by atoms with E-state index in [2.05, 4.69) is 27.3 Å². The third-order valence-electron chi connectivity index (χ3n) is 5.18. The SMILES string of the molecule is CCO[C@H]1C[C@H](N(C)CC(=O)Nc2nncs2)C12CCCC2. The number of likely N-dealkylation sites (N-methyl/N-ethyl adjacent to an activating group) is 1. The van der Waals surface area contributed by atoms with Crippen LogP contribution in [-0.2, 0) is 9.53 Å². The van der Waals surface area contributed by atoms with Crippen molar-refractivity contribution in [3.8, 4) is 0 Å². The summed E-state index contributed by atoms with van der Waals surface area (Å²) in [6.07, 6.45) is 6.43. The molecule has 0 bridgehead atoms. The molecule has 1 N–H and O–H groups in total. The van der Waals surface area contributed by atoms with Crippen molar-refractivity contribution in [2.75, 3.05) is 25.5 Å². The van der Waals surface area contributed by atoms with E-state index < -0.39 is 0 Å². The Bertz CT molecular complexity index is 502. The lowest BCUT2D eigenvalue weighted by molar-refractivity contribution is -0.162. The first-order chi connectivity index (χ1) is 10.7. The molecule has 2 saturated carbocycles. The van der Waals surface area contributed by atoms with Gasteiger partial charge in [-0.3, -0.25) is 15.0 Å². The summed E-state index contributed by atoms with van der Waals surface area (Å²) in [7, 11) is 2.05. The molecule has 0 saturated heterocycles. The van der Waals surface area contributed by atoms with Crippen molar-refractivity contribution in [1.82, 2.24) is 15.1 Å². The molecule has 7 heteroatoms. The second-order valence-electron chi connectivity index (χ2n) is 6.34. The van der Waals surface area contributed by atoms with Crippen LogP contribution in [-0.4, -0.2) is 53.3 Å². The second-order valence-corrected chi connectivity index (χ2v) is 7.18. The van der Waals surface area contributed by atoms with Crippen molar-refractivity contribution >= 4 is 22.4 Å². The molecule has 0 radical (unpaired) electrons. The number of rotatable bonds is 6. The minimum atomic E-state index is -0.0211. The summed E-state index contributed by atoms with van der Waals surface area (Å²) in [6, 6.07) is 0.451. The van der Waals surface area contributed by atoms with E-state index in [1.807, 2.05) is 7.05 Å². The molecule has 1 aromatic rings. The smallest absolute Gasteiger partial charge is 0.240 e. The van der Waals surface area contributed by atoms with Gasteiger partial charge in [-0.1, -0.05) is 24.2 Å². The van der Waals surface area contributed by atoms with Crippen LogP contribution in [0.25, 0.3) is 0 Å². The summed E-state index contributed by atoms with van der Waals surface area (Å²) >= 11 is 1.34. The predicted molar refractivity (Wildman–Crippen MR) is 85.9 cm³/mol. The number of carbonyl (C=O) groups is 1. The minimum Gasteiger partial charge on any atom is -0.378 e. The molecule has 2 fully saturated rings. The zero-order chi connectivity index (χ0) is 15.6. The van der Waals surface area contributed by atoms with Crippen LogP contribution in [0, 0.1) is 5.41 Å². The Morgan fingerprint density at radius 3 is 2.95 bits per heavy atom. The number of aromatic nitrogens is 2. The van der Waals surface area contributed by atoms with Crippen LogP contribution in [0.2, 0.25) is 0 Å². The van der Waals surface area contributed by atoms with E-state index in [0.717, 1.165) is 13.0 Å².